The van der Waals surface area contributed by atoms with Crippen LogP contribution >= 0.6 is 11.6 Å². The normalized spacial score (nSPS) is 15.0. The van der Waals surface area contributed by atoms with Gasteiger partial charge in [0, 0.05) is 0 Å². The molecule has 0 aliphatic carbocycles. The van der Waals surface area contributed by atoms with Gasteiger partial charge in [0.2, 0.25) is 0 Å². The summed E-state index contributed by atoms with van der Waals surface area (Å²) >= 11 is 4.99. The van der Waals surface area contributed by atoms with E-state index < -0.39 is 5.56 Å². The lowest BCUT2D eigenvalue weighted by Crippen LogP contribution is -1.90. The topological polar surface area (TPSA) is 29.5 Å². The fourth-order valence-corrected chi connectivity index (χ4v) is 0. The van der Waals surface area contributed by atoms with Crippen molar-refractivity contribution < 1.29 is 10.1 Å². The Hall–Kier alpha value is 0.210. The van der Waals surface area contributed by atoms with Crippen LogP contribution in [-0.2, 0) is 4.89 Å². The zero-order chi connectivity index (χ0) is 4.28. The Morgan fingerprint density at radius 1 is 2.00 bits per heavy atom. The van der Waals surface area contributed by atoms with Crippen molar-refractivity contribution in [3.8, 4) is 0 Å². The van der Waals surface area contributed by atoms with Crippen LogP contribution in [0.5, 0.6) is 0 Å². The fraction of sp³-hybridized carbons (Fsp3) is 1.00. The molecule has 0 bridgehead atoms. The van der Waals surface area contributed by atoms with Gasteiger partial charge < -0.3 is 0 Å². The first-order valence-electron chi connectivity index (χ1n) is 1.21. The molecule has 0 aliphatic rings. The minimum Gasteiger partial charge on any atom is -0.250 e. The third-order valence-electron chi connectivity index (χ3n) is 0.145. The number of rotatable bonds is 1. The van der Waals surface area contributed by atoms with Crippen LogP contribution in [0.25, 0.3) is 0 Å². The minimum absolute atomic E-state index is 0.588. The van der Waals surface area contributed by atoms with Crippen molar-refractivity contribution in [3.05, 3.63) is 0 Å². The van der Waals surface area contributed by atoms with E-state index in [1.807, 2.05) is 0 Å². The van der Waals surface area contributed by atoms with E-state index >= 15 is 0 Å². The zero-order valence-electron chi connectivity index (χ0n) is 2.81. The molecule has 32 valence electrons. The van der Waals surface area contributed by atoms with Crippen LogP contribution in [0, 0.1) is 0 Å². The van der Waals surface area contributed by atoms with Crippen LogP contribution in [-0.4, -0.2) is 10.8 Å². The number of alkyl halides is 1. The second-order valence-electron chi connectivity index (χ2n) is 0.648. The monoisotopic (exact) mass is 96.0 g/mol. The van der Waals surface area contributed by atoms with E-state index in [9.17, 15) is 0 Å². The molecule has 0 heterocycles. The quantitative estimate of drug-likeness (QED) is 0.301. The first kappa shape index (κ1) is 5.21. The first-order valence-corrected chi connectivity index (χ1v) is 1.65. The van der Waals surface area contributed by atoms with Crippen LogP contribution < -0.4 is 0 Å². The van der Waals surface area contributed by atoms with Crippen LogP contribution in [0.3, 0.4) is 0 Å². The maximum absolute atomic E-state index is 7.51. The lowest BCUT2D eigenvalue weighted by molar-refractivity contribution is -0.251. The Kier molecular flexibility index (Phi) is 2.55. The lowest BCUT2D eigenvalue weighted by atomic mass is 10.9. The molecule has 2 nitrogen and oxygen atoms in total. The molecule has 0 radical (unpaired) electrons. The summed E-state index contributed by atoms with van der Waals surface area (Å²) in [5.74, 6) is 0. The molecule has 0 fully saturated rings. The highest BCUT2D eigenvalue weighted by molar-refractivity contribution is 6.19. The summed E-state index contributed by atoms with van der Waals surface area (Å²) in [5.41, 5.74) is -0.588. The van der Waals surface area contributed by atoms with Gasteiger partial charge in [-0.15, -0.1) is 0 Å². The highest BCUT2D eigenvalue weighted by Gasteiger charge is 1.85. The molecule has 0 saturated heterocycles. The molecule has 0 saturated carbocycles. The molecule has 0 amide bonds. The van der Waals surface area contributed by atoms with Gasteiger partial charge in [-0.1, -0.05) is 11.6 Å². The standard InChI is InChI=1S/C2H5ClO2/c1-2(3)5-4/h2,4H,1H3. The van der Waals surface area contributed by atoms with Crippen molar-refractivity contribution >= 4 is 11.6 Å². The highest BCUT2D eigenvalue weighted by Crippen LogP contribution is 1.88. The molecule has 0 aliphatic heterocycles. The molecule has 1 unspecified atom stereocenters. The van der Waals surface area contributed by atoms with Gasteiger partial charge in [-0.3, -0.25) is 5.26 Å². The van der Waals surface area contributed by atoms with Crippen molar-refractivity contribution in [1.82, 2.24) is 0 Å². The average molecular weight is 96.5 g/mol. The average Bonchev–Trinajstić information content (AvgIpc) is 1.38. The van der Waals surface area contributed by atoms with E-state index in [-0.39, 0.29) is 0 Å². The number of hydrogen-bond acceptors (Lipinski definition) is 2. The molecule has 3 heteroatoms. The SMILES string of the molecule is CC(Cl)OO. The van der Waals surface area contributed by atoms with Gasteiger partial charge in [-0.25, -0.2) is 4.89 Å². The van der Waals surface area contributed by atoms with Crippen molar-refractivity contribution in [2.75, 3.05) is 0 Å². The summed E-state index contributed by atoms with van der Waals surface area (Å²) in [7, 11) is 0. The van der Waals surface area contributed by atoms with Gasteiger partial charge in [-0.05, 0) is 6.92 Å². The molecule has 1 N–H and O–H groups in total. The molecule has 1 atom stereocenters. The zero-order valence-corrected chi connectivity index (χ0v) is 3.57. The van der Waals surface area contributed by atoms with Gasteiger partial charge in [0.05, 0.1) is 0 Å². The molecule has 0 aromatic rings. The minimum atomic E-state index is -0.588. The summed E-state index contributed by atoms with van der Waals surface area (Å²) in [5, 5.41) is 7.51. The molecule has 0 spiro atoms. The largest absolute Gasteiger partial charge is 0.250 e. The summed E-state index contributed by atoms with van der Waals surface area (Å²) in [6, 6.07) is 0. The molecular weight excluding hydrogens is 91.5 g/mol. The first-order chi connectivity index (χ1) is 2.27. The highest BCUT2D eigenvalue weighted by atomic mass is 35.5. The van der Waals surface area contributed by atoms with E-state index in [2.05, 4.69) is 4.89 Å². The molecule has 0 aromatic heterocycles. The van der Waals surface area contributed by atoms with E-state index in [0.717, 1.165) is 0 Å². The second kappa shape index (κ2) is 2.45. The van der Waals surface area contributed by atoms with E-state index in [0.29, 0.717) is 0 Å². The molecule has 5 heavy (non-hydrogen) atoms. The summed E-state index contributed by atoms with van der Waals surface area (Å²) in [6.45, 7) is 1.52. The Balaban J connectivity index is 2.54. The van der Waals surface area contributed by atoms with Crippen LogP contribution in [0.15, 0.2) is 0 Å². The second-order valence-corrected chi connectivity index (χ2v) is 1.26. The van der Waals surface area contributed by atoms with Gasteiger partial charge in [-0.2, -0.15) is 0 Å². The Morgan fingerprint density at radius 2 is 2.20 bits per heavy atom. The molecule has 0 aromatic carbocycles. The van der Waals surface area contributed by atoms with Crippen molar-refractivity contribution in [3.63, 3.8) is 0 Å². The van der Waals surface area contributed by atoms with E-state index in [4.69, 9.17) is 16.9 Å². The van der Waals surface area contributed by atoms with E-state index in [1.54, 1.807) is 0 Å². The van der Waals surface area contributed by atoms with Crippen molar-refractivity contribution in [1.29, 1.82) is 0 Å². The predicted molar refractivity (Wildman–Crippen MR) is 19.0 cm³/mol. The number of halogens is 1. The molecular formula is C2H5ClO2. The van der Waals surface area contributed by atoms with Gasteiger partial charge in [0.15, 0.2) is 5.56 Å². The summed E-state index contributed by atoms with van der Waals surface area (Å²) in [4.78, 5) is 3.52. The Labute approximate surface area is 35.2 Å². The van der Waals surface area contributed by atoms with Crippen LogP contribution in [0.2, 0.25) is 0 Å². The van der Waals surface area contributed by atoms with E-state index in [1.165, 1.54) is 6.92 Å². The Morgan fingerprint density at radius 3 is 2.20 bits per heavy atom. The fourth-order valence-electron chi connectivity index (χ4n) is 0. The Bertz CT molecular complexity index is 21.6. The van der Waals surface area contributed by atoms with Gasteiger partial charge in [0.25, 0.3) is 0 Å². The third-order valence-corrected chi connectivity index (χ3v) is 0.225. The summed E-state index contributed by atoms with van der Waals surface area (Å²) in [6.07, 6.45) is 0. The lowest BCUT2D eigenvalue weighted by Gasteiger charge is -1.88. The summed E-state index contributed by atoms with van der Waals surface area (Å²) < 4.78 is 0. The molecule has 0 rings (SSSR count). The van der Waals surface area contributed by atoms with Crippen molar-refractivity contribution in [2.45, 2.75) is 12.5 Å². The van der Waals surface area contributed by atoms with Crippen molar-refractivity contribution in [2.24, 2.45) is 0 Å². The maximum atomic E-state index is 7.51. The van der Waals surface area contributed by atoms with Crippen LogP contribution in [0.4, 0.5) is 0 Å². The maximum Gasteiger partial charge on any atom is 0.163 e. The predicted octanol–water partition coefficient (Wildman–Crippen LogP) is 1.06. The van der Waals surface area contributed by atoms with Crippen LogP contribution in [0.1, 0.15) is 6.92 Å². The van der Waals surface area contributed by atoms with Gasteiger partial charge in [0.1, 0.15) is 0 Å². The third kappa shape index (κ3) is 4.21. The number of hydrogen-bond donors (Lipinski definition) is 1. The smallest absolute Gasteiger partial charge is 0.163 e. The van der Waals surface area contributed by atoms with Gasteiger partial charge >= 0.3 is 0 Å².